The zero-order valence-electron chi connectivity index (χ0n) is 12.4. The van der Waals surface area contributed by atoms with E-state index in [1.807, 2.05) is 4.90 Å². The first-order valence-corrected chi connectivity index (χ1v) is 7.57. The summed E-state index contributed by atoms with van der Waals surface area (Å²) in [5.41, 5.74) is 0. The SMILES string of the molecule is CC(CN1CCCC1)NCC(=O)N1CCN(C)CC1. The van der Waals surface area contributed by atoms with Crippen LogP contribution < -0.4 is 5.32 Å². The Morgan fingerprint density at radius 1 is 1.11 bits per heavy atom. The average molecular weight is 268 g/mol. The van der Waals surface area contributed by atoms with Crippen molar-refractivity contribution in [1.82, 2.24) is 20.0 Å². The molecule has 2 aliphatic heterocycles. The number of piperazine rings is 1. The van der Waals surface area contributed by atoms with E-state index in [0.717, 1.165) is 32.7 Å². The van der Waals surface area contributed by atoms with E-state index >= 15 is 0 Å². The third kappa shape index (κ3) is 4.75. The summed E-state index contributed by atoms with van der Waals surface area (Å²) in [6.07, 6.45) is 2.65. The molecule has 1 atom stereocenters. The number of nitrogens with one attached hydrogen (secondary N) is 1. The molecule has 0 aromatic heterocycles. The molecule has 2 saturated heterocycles. The third-order valence-corrected chi connectivity index (χ3v) is 4.19. The predicted octanol–water partition coefficient (Wildman–Crippen LogP) is -0.166. The Hall–Kier alpha value is -0.650. The molecular weight excluding hydrogens is 240 g/mol. The van der Waals surface area contributed by atoms with Crippen LogP contribution >= 0.6 is 0 Å². The highest BCUT2D eigenvalue weighted by atomic mass is 16.2. The number of rotatable bonds is 5. The van der Waals surface area contributed by atoms with Crippen LogP contribution in [0.5, 0.6) is 0 Å². The monoisotopic (exact) mass is 268 g/mol. The first kappa shape index (κ1) is 14.8. The van der Waals surface area contributed by atoms with Gasteiger partial charge in [-0.2, -0.15) is 0 Å². The lowest BCUT2D eigenvalue weighted by molar-refractivity contribution is -0.131. The fourth-order valence-electron chi connectivity index (χ4n) is 2.85. The fourth-order valence-corrected chi connectivity index (χ4v) is 2.85. The minimum Gasteiger partial charge on any atom is -0.339 e. The normalized spacial score (nSPS) is 23.8. The zero-order valence-corrected chi connectivity index (χ0v) is 12.4. The number of likely N-dealkylation sites (N-methyl/N-ethyl adjacent to an activating group) is 1. The summed E-state index contributed by atoms with van der Waals surface area (Å²) in [7, 11) is 2.11. The minimum atomic E-state index is 0.251. The fraction of sp³-hybridized carbons (Fsp3) is 0.929. The molecule has 2 heterocycles. The molecule has 0 aromatic rings. The number of carbonyl (C=O) groups is 1. The van der Waals surface area contributed by atoms with E-state index in [1.165, 1.54) is 25.9 Å². The van der Waals surface area contributed by atoms with E-state index in [1.54, 1.807) is 0 Å². The van der Waals surface area contributed by atoms with Gasteiger partial charge < -0.3 is 20.0 Å². The van der Waals surface area contributed by atoms with E-state index in [0.29, 0.717) is 12.6 Å². The van der Waals surface area contributed by atoms with Crippen molar-refractivity contribution in [3.8, 4) is 0 Å². The minimum absolute atomic E-state index is 0.251. The van der Waals surface area contributed by atoms with Crippen LogP contribution in [0, 0.1) is 0 Å². The van der Waals surface area contributed by atoms with E-state index in [2.05, 4.69) is 29.1 Å². The van der Waals surface area contributed by atoms with Crippen LogP contribution in [0.1, 0.15) is 19.8 Å². The van der Waals surface area contributed by atoms with Crippen molar-refractivity contribution in [3.05, 3.63) is 0 Å². The van der Waals surface area contributed by atoms with Gasteiger partial charge in [-0.25, -0.2) is 0 Å². The molecule has 0 aromatic carbocycles. The van der Waals surface area contributed by atoms with Crippen LogP contribution in [-0.2, 0) is 4.79 Å². The maximum atomic E-state index is 12.1. The van der Waals surface area contributed by atoms with Gasteiger partial charge in [-0.05, 0) is 39.9 Å². The van der Waals surface area contributed by atoms with Crippen LogP contribution in [0.25, 0.3) is 0 Å². The molecule has 19 heavy (non-hydrogen) atoms. The number of nitrogens with zero attached hydrogens (tertiary/aromatic N) is 3. The van der Waals surface area contributed by atoms with Gasteiger partial charge >= 0.3 is 0 Å². The van der Waals surface area contributed by atoms with Gasteiger partial charge in [0.05, 0.1) is 6.54 Å². The number of amides is 1. The standard InChI is InChI=1S/C14H28N4O/c1-13(12-17-5-3-4-6-17)15-11-14(19)18-9-7-16(2)8-10-18/h13,15H,3-12H2,1-2H3. The zero-order chi connectivity index (χ0) is 13.7. The van der Waals surface area contributed by atoms with Crippen molar-refractivity contribution in [2.45, 2.75) is 25.8 Å². The smallest absolute Gasteiger partial charge is 0.236 e. The van der Waals surface area contributed by atoms with Crippen molar-refractivity contribution in [2.75, 3.05) is 59.4 Å². The molecule has 0 aliphatic carbocycles. The predicted molar refractivity (Wildman–Crippen MR) is 77.2 cm³/mol. The summed E-state index contributed by atoms with van der Waals surface area (Å²) < 4.78 is 0. The highest BCUT2D eigenvalue weighted by Crippen LogP contribution is 2.07. The summed E-state index contributed by atoms with van der Waals surface area (Å²) in [5.74, 6) is 0.251. The number of hydrogen-bond donors (Lipinski definition) is 1. The molecule has 1 N–H and O–H groups in total. The van der Waals surface area contributed by atoms with Gasteiger partial charge in [0.25, 0.3) is 0 Å². The highest BCUT2D eigenvalue weighted by molar-refractivity contribution is 5.78. The van der Waals surface area contributed by atoms with Crippen molar-refractivity contribution < 1.29 is 4.79 Å². The topological polar surface area (TPSA) is 38.8 Å². The van der Waals surface area contributed by atoms with Crippen LogP contribution in [0.3, 0.4) is 0 Å². The molecule has 1 unspecified atom stereocenters. The Morgan fingerprint density at radius 2 is 1.74 bits per heavy atom. The molecule has 0 radical (unpaired) electrons. The van der Waals surface area contributed by atoms with Crippen LogP contribution in [0.15, 0.2) is 0 Å². The summed E-state index contributed by atoms with van der Waals surface area (Å²) in [6.45, 7) is 9.90. The van der Waals surface area contributed by atoms with E-state index in [-0.39, 0.29) is 5.91 Å². The molecule has 0 saturated carbocycles. The first-order valence-electron chi connectivity index (χ1n) is 7.57. The molecule has 2 fully saturated rings. The van der Waals surface area contributed by atoms with Gasteiger partial charge in [-0.1, -0.05) is 0 Å². The Kier molecular flexibility index (Phi) is 5.60. The Bertz CT molecular complexity index is 283. The first-order chi connectivity index (χ1) is 9.15. The average Bonchev–Trinajstić information content (AvgIpc) is 2.89. The van der Waals surface area contributed by atoms with Gasteiger partial charge in [-0.15, -0.1) is 0 Å². The van der Waals surface area contributed by atoms with Crippen LogP contribution in [0.2, 0.25) is 0 Å². The number of carbonyl (C=O) groups excluding carboxylic acids is 1. The van der Waals surface area contributed by atoms with Gasteiger partial charge in [0, 0.05) is 38.8 Å². The largest absolute Gasteiger partial charge is 0.339 e. The molecule has 2 aliphatic rings. The van der Waals surface area contributed by atoms with Crippen LogP contribution in [-0.4, -0.2) is 86.1 Å². The Morgan fingerprint density at radius 3 is 2.37 bits per heavy atom. The van der Waals surface area contributed by atoms with Crippen molar-refractivity contribution >= 4 is 5.91 Å². The van der Waals surface area contributed by atoms with Crippen LogP contribution in [0.4, 0.5) is 0 Å². The maximum Gasteiger partial charge on any atom is 0.236 e. The lowest BCUT2D eigenvalue weighted by Crippen LogP contribution is -2.51. The number of likely N-dealkylation sites (tertiary alicyclic amines) is 1. The summed E-state index contributed by atoms with van der Waals surface area (Å²) in [5, 5.41) is 3.37. The quantitative estimate of drug-likeness (QED) is 0.752. The van der Waals surface area contributed by atoms with Gasteiger partial charge in [0.2, 0.25) is 5.91 Å². The third-order valence-electron chi connectivity index (χ3n) is 4.19. The van der Waals surface area contributed by atoms with Crippen molar-refractivity contribution in [1.29, 1.82) is 0 Å². The Labute approximate surface area is 116 Å². The van der Waals surface area contributed by atoms with Gasteiger partial charge in [0.1, 0.15) is 0 Å². The van der Waals surface area contributed by atoms with Crippen molar-refractivity contribution in [3.63, 3.8) is 0 Å². The molecule has 0 spiro atoms. The summed E-state index contributed by atoms with van der Waals surface area (Å²) in [4.78, 5) is 18.8. The Balaban J connectivity index is 1.62. The van der Waals surface area contributed by atoms with E-state index in [9.17, 15) is 4.79 Å². The second-order valence-electron chi connectivity index (χ2n) is 5.97. The lowest BCUT2D eigenvalue weighted by atomic mass is 10.3. The molecular formula is C14H28N4O. The molecule has 5 heteroatoms. The number of hydrogen-bond acceptors (Lipinski definition) is 4. The van der Waals surface area contributed by atoms with Gasteiger partial charge in [-0.3, -0.25) is 4.79 Å². The second kappa shape index (κ2) is 7.22. The van der Waals surface area contributed by atoms with E-state index in [4.69, 9.17) is 0 Å². The van der Waals surface area contributed by atoms with Gasteiger partial charge in [0.15, 0.2) is 0 Å². The molecule has 2 rings (SSSR count). The highest BCUT2D eigenvalue weighted by Gasteiger charge is 2.20. The maximum absolute atomic E-state index is 12.1. The summed E-state index contributed by atoms with van der Waals surface area (Å²) in [6, 6.07) is 0.398. The van der Waals surface area contributed by atoms with Crippen molar-refractivity contribution in [2.24, 2.45) is 0 Å². The molecule has 110 valence electrons. The molecule has 5 nitrogen and oxygen atoms in total. The summed E-state index contributed by atoms with van der Waals surface area (Å²) >= 11 is 0. The molecule has 1 amide bonds. The lowest BCUT2D eigenvalue weighted by Gasteiger charge is -2.33. The second-order valence-corrected chi connectivity index (χ2v) is 5.97. The molecule has 0 bridgehead atoms. The van der Waals surface area contributed by atoms with E-state index < -0.39 is 0 Å².